The van der Waals surface area contributed by atoms with Crippen molar-refractivity contribution in [1.82, 2.24) is 4.98 Å². The number of carbonyl (C=O) groups is 1. The lowest BCUT2D eigenvalue weighted by Gasteiger charge is -2.13. The van der Waals surface area contributed by atoms with E-state index in [0.29, 0.717) is 43.8 Å². The Hall–Kier alpha value is -2.50. The second-order valence-corrected chi connectivity index (χ2v) is 6.61. The van der Waals surface area contributed by atoms with E-state index in [1.54, 1.807) is 24.3 Å². The molecule has 0 atom stereocenters. The highest BCUT2D eigenvalue weighted by atomic mass is 35.5. The first-order valence-electron chi connectivity index (χ1n) is 8.08. The second kappa shape index (κ2) is 8.03. The Bertz CT molecular complexity index is 1020. The summed E-state index contributed by atoms with van der Waals surface area (Å²) >= 11 is 12.5. The van der Waals surface area contributed by atoms with E-state index in [-0.39, 0.29) is 12.4 Å². The highest BCUT2D eigenvalue weighted by Crippen LogP contribution is 2.37. The minimum absolute atomic E-state index is 0.207. The van der Waals surface area contributed by atoms with Gasteiger partial charge in [-0.05, 0) is 43.3 Å². The molecule has 27 heavy (non-hydrogen) atoms. The summed E-state index contributed by atoms with van der Waals surface area (Å²) in [5.41, 5.74) is 1.75. The molecule has 5 nitrogen and oxygen atoms in total. The van der Waals surface area contributed by atoms with Crippen LogP contribution in [0.15, 0.2) is 36.4 Å². The molecule has 3 rings (SSSR count). The minimum Gasteiger partial charge on any atom is -0.493 e. The molecule has 0 bridgehead atoms. The number of ketones is 1. The zero-order chi connectivity index (χ0) is 19.6. The molecule has 0 aliphatic rings. The Balaban J connectivity index is 1.89. The predicted octanol–water partition coefficient (Wildman–Crippen LogP) is 5.13. The van der Waals surface area contributed by atoms with Crippen molar-refractivity contribution in [2.75, 3.05) is 20.8 Å². The van der Waals surface area contributed by atoms with Gasteiger partial charge in [0.2, 0.25) is 0 Å². The number of aryl methyl sites for hydroxylation is 1. The second-order valence-electron chi connectivity index (χ2n) is 5.80. The molecule has 0 aliphatic heterocycles. The summed E-state index contributed by atoms with van der Waals surface area (Å²) < 4.78 is 16.1. The average Bonchev–Trinajstić information content (AvgIpc) is 2.66. The maximum Gasteiger partial charge on any atom is 0.200 e. The number of methoxy groups -OCH3 is 2. The number of benzene rings is 2. The van der Waals surface area contributed by atoms with Gasteiger partial charge in [-0.25, -0.2) is 4.98 Å². The van der Waals surface area contributed by atoms with Crippen molar-refractivity contribution in [3.05, 3.63) is 57.7 Å². The van der Waals surface area contributed by atoms with Crippen molar-refractivity contribution in [3.8, 4) is 17.2 Å². The van der Waals surface area contributed by atoms with Crippen LogP contribution in [0.5, 0.6) is 17.2 Å². The minimum atomic E-state index is -0.234. The lowest BCUT2D eigenvalue weighted by Crippen LogP contribution is -2.12. The smallest absolute Gasteiger partial charge is 0.200 e. The van der Waals surface area contributed by atoms with Crippen LogP contribution in [0.2, 0.25) is 10.0 Å². The first-order chi connectivity index (χ1) is 12.9. The fraction of sp³-hybridized carbons (Fsp3) is 0.200. The van der Waals surface area contributed by atoms with E-state index < -0.39 is 0 Å². The quantitative estimate of drug-likeness (QED) is 0.532. The van der Waals surface area contributed by atoms with Crippen LogP contribution in [0.3, 0.4) is 0 Å². The number of Topliss-reactive ketones (excluding diaryl/α,β-unsaturated/α-hetero) is 1. The van der Waals surface area contributed by atoms with Gasteiger partial charge in [0.05, 0.1) is 24.3 Å². The summed E-state index contributed by atoms with van der Waals surface area (Å²) in [5.74, 6) is 1.10. The predicted molar refractivity (Wildman–Crippen MR) is 106 cm³/mol. The first kappa shape index (κ1) is 19.3. The molecule has 7 heteroatoms. The van der Waals surface area contributed by atoms with Gasteiger partial charge in [-0.1, -0.05) is 23.2 Å². The van der Waals surface area contributed by atoms with Gasteiger partial charge in [-0.2, -0.15) is 0 Å². The Labute approximate surface area is 166 Å². The summed E-state index contributed by atoms with van der Waals surface area (Å²) in [6.45, 7) is 1.65. The SMILES string of the molecule is COc1ccc(C(=O)COc2c(Cl)cc(Cl)c3ccc(C)nc23)cc1OC. The Morgan fingerprint density at radius 3 is 2.44 bits per heavy atom. The fourth-order valence-electron chi connectivity index (χ4n) is 2.66. The van der Waals surface area contributed by atoms with E-state index in [9.17, 15) is 4.79 Å². The van der Waals surface area contributed by atoms with Gasteiger partial charge in [0.15, 0.2) is 29.6 Å². The van der Waals surface area contributed by atoms with E-state index >= 15 is 0 Å². The van der Waals surface area contributed by atoms with Crippen LogP contribution in [0, 0.1) is 6.92 Å². The largest absolute Gasteiger partial charge is 0.493 e. The normalized spacial score (nSPS) is 10.7. The van der Waals surface area contributed by atoms with Gasteiger partial charge in [-0.15, -0.1) is 0 Å². The molecule has 1 heterocycles. The molecule has 140 valence electrons. The molecule has 0 fully saturated rings. The third-order valence-electron chi connectivity index (χ3n) is 4.03. The van der Waals surface area contributed by atoms with Crippen molar-refractivity contribution in [2.24, 2.45) is 0 Å². The highest BCUT2D eigenvalue weighted by molar-refractivity contribution is 6.39. The van der Waals surface area contributed by atoms with E-state index in [2.05, 4.69) is 4.98 Å². The molecule has 0 saturated carbocycles. The summed E-state index contributed by atoms with van der Waals surface area (Å²) in [6, 6.07) is 10.2. The lowest BCUT2D eigenvalue weighted by molar-refractivity contribution is 0.0922. The molecule has 2 aromatic carbocycles. The lowest BCUT2D eigenvalue weighted by atomic mass is 10.1. The van der Waals surface area contributed by atoms with Crippen molar-refractivity contribution in [1.29, 1.82) is 0 Å². The molecule has 0 unspecified atom stereocenters. The molecular formula is C20H17Cl2NO4. The van der Waals surface area contributed by atoms with Gasteiger partial charge < -0.3 is 14.2 Å². The number of fused-ring (bicyclic) bond motifs is 1. The average molecular weight is 406 g/mol. The molecule has 0 N–H and O–H groups in total. The first-order valence-corrected chi connectivity index (χ1v) is 8.83. The van der Waals surface area contributed by atoms with E-state index in [4.69, 9.17) is 37.4 Å². The van der Waals surface area contributed by atoms with Crippen LogP contribution in [0.4, 0.5) is 0 Å². The number of aromatic nitrogens is 1. The van der Waals surface area contributed by atoms with Gasteiger partial charge >= 0.3 is 0 Å². The van der Waals surface area contributed by atoms with Crippen LogP contribution in [0.1, 0.15) is 16.1 Å². The number of halogens is 2. The zero-order valence-corrected chi connectivity index (χ0v) is 16.5. The van der Waals surface area contributed by atoms with Gasteiger partial charge in [0.25, 0.3) is 0 Å². The summed E-state index contributed by atoms with van der Waals surface area (Å²) in [7, 11) is 3.04. The van der Waals surface area contributed by atoms with Gasteiger partial charge in [-0.3, -0.25) is 4.79 Å². The van der Waals surface area contributed by atoms with Crippen molar-refractivity contribution < 1.29 is 19.0 Å². The molecular weight excluding hydrogens is 389 g/mol. The highest BCUT2D eigenvalue weighted by Gasteiger charge is 2.16. The van der Waals surface area contributed by atoms with Crippen molar-refractivity contribution in [2.45, 2.75) is 6.92 Å². The summed E-state index contributed by atoms with van der Waals surface area (Å²) in [4.78, 5) is 17.0. The molecule has 0 aliphatic carbocycles. The zero-order valence-electron chi connectivity index (χ0n) is 15.0. The number of hydrogen-bond donors (Lipinski definition) is 0. The van der Waals surface area contributed by atoms with E-state index in [1.807, 2.05) is 19.1 Å². The molecule has 0 radical (unpaired) electrons. The third-order valence-corrected chi connectivity index (χ3v) is 4.62. The van der Waals surface area contributed by atoms with Crippen LogP contribution in [-0.4, -0.2) is 31.6 Å². The Kier molecular flexibility index (Phi) is 5.73. The monoisotopic (exact) mass is 405 g/mol. The van der Waals surface area contributed by atoms with Crippen LogP contribution in [-0.2, 0) is 0 Å². The van der Waals surface area contributed by atoms with Crippen LogP contribution < -0.4 is 14.2 Å². The molecule has 3 aromatic rings. The Morgan fingerprint density at radius 1 is 1.00 bits per heavy atom. The molecule has 1 aromatic heterocycles. The number of nitrogens with zero attached hydrogens (tertiary/aromatic N) is 1. The molecule has 0 saturated heterocycles. The topological polar surface area (TPSA) is 57.7 Å². The Morgan fingerprint density at radius 2 is 1.74 bits per heavy atom. The number of pyridine rings is 1. The van der Waals surface area contributed by atoms with Gasteiger partial charge in [0, 0.05) is 16.6 Å². The molecule has 0 amide bonds. The molecule has 0 spiro atoms. The fourth-order valence-corrected chi connectivity index (χ4v) is 3.23. The maximum absolute atomic E-state index is 12.6. The number of rotatable bonds is 6. The summed E-state index contributed by atoms with van der Waals surface area (Å²) in [6.07, 6.45) is 0. The third kappa shape index (κ3) is 3.94. The number of hydrogen-bond acceptors (Lipinski definition) is 5. The van der Waals surface area contributed by atoms with E-state index in [1.165, 1.54) is 14.2 Å². The standard InChI is InChI=1S/C20H17Cl2NO4/c1-11-4-6-13-14(21)9-15(22)20(19(13)23-11)27-10-16(24)12-5-7-17(25-2)18(8-12)26-3/h4-9H,10H2,1-3H3. The summed E-state index contributed by atoms with van der Waals surface area (Å²) in [5, 5.41) is 1.48. The van der Waals surface area contributed by atoms with Crippen molar-refractivity contribution in [3.63, 3.8) is 0 Å². The number of ether oxygens (including phenoxy) is 3. The van der Waals surface area contributed by atoms with Crippen LogP contribution in [0.25, 0.3) is 10.9 Å². The maximum atomic E-state index is 12.6. The van der Waals surface area contributed by atoms with Crippen LogP contribution >= 0.6 is 23.2 Å². The van der Waals surface area contributed by atoms with E-state index in [0.717, 1.165) is 5.69 Å². The van der Waals surface area contributed by atoms with Gasteiger partial charge in [0.1, 0.15) is 5.52 Å². The van der Waals surface area contributed by atoms with Crippen molar-refractivity contribution >= 4 is 39.9 Å². The number of carbonyl (C=O) groups excluding carboxylic acids is 1.